The van der Waals surface area contributed by atoms with Gasteiger partial charge in [-0.05, 0) is 29.9 Å². The van der Waals surface area contributed by atoms with E-state index in [9.17, 15) is 5.11 Å². The van der Waals surface area contributed by atoms with Crippen LogP contribution < -0.4 is 10.6 Å². The van der Waals surface area contributed by atoms with Gasteiger partial charge in [-0.1, -0.05) is 29.3 Å². The molecule has 8 heteroatoms. The number of guanidine groups is 1. The summed E-state index contributed by atoms with van der Waals surface area (Å²) in [6, 6.07) is 5.40. The summed E-state index contributed by atoms with van der Waals surface area (Å²) in [4.78, 5) is 4.15. The molecule has 1 aromatic rings. The highest BCUT2D eigenvalue weighted by Crippen LogP contribution is 2.27. The summed E-state index contributed by atoms with van der Waals surface area (Å²) in [5, 5.41) is 17.9. The molecule has 0 bridgehead atoms. The number of nitrogens with zero attached hydrogens (tertiary/aromatic N) is 1. The van der Waals surface area contributed by atoms with Gasteiger partial charge in [0.2, 0.25) is 0 Å². The van der Waals surface area contributed by atoms with Gasteiger partial charge in [-0.15, -0.1) is 24.0 Å². The highest BCUT2D eigenvalue weighted by molar-refractivity contribution is 14.0. The van der Waals surface area contributed by atoms with Crippen molar-refractivity contribution in [1.82, 2.24) is 10.6 Å². The fourth-order valence-electron chi connectivity index (χ4n) is 2.05. The molecule has 0 radical (unpaired) electrons. The molecular formula is C14H20Cl2IN3OS. The summed E-state index contributed by atoms with van der Waals surface area (Å²) in [6.45, 7) is 1.04. The molecule has 0 saturated carbocycles. The number of thioether (sulfide) groups is 1. The molecule has 0 spiro atoms. The first-order valence-corrected chi connectivity index (χ1v) is 8.62. The molecule has 2 rings (SSSR count). The zero-order valence-corrected chi connectivity index (χ0v) is 16.9. The van der Waals surface area contributed by atoms with Crippen LogP contribution in [0.3, 0.4) is 0 Å². The number of hydrogen-bond acceptors (Lipinski definition) is 3. The van der Waals surface area contributed by atoms with E-state index in [1.807, 2.05) is 6.07 Å². The predicted octanol–water partition coefficient (Wildman–Crippen LogP) is 3.14. The monoisotopic (exact) mass is 475 g/mol. The molecule has 1 heterocycles. The Bertz CT molecular complexity index is 525. The molecule has 1 aliphatic rings. The Morgan fingerprint density at radius 1 is 1.41 bits per heavy atom. The third-order valence-corrected chi connectivity index (χ3v) is 5.17. The first kappa shape index (κ1) is 20.2. The van der Waals surface area contributed by atoms with Gasteiger partial charge in [0.1, 0.15) is 0 Å². The van der Waals surface area contributed by atoms with Gasteiger partial charge >= 0.3 is 0 Å². The number of benzene rings is 1. The van der Waals surface area contributed by atoms with E-state index in [4.69, 9.17) is 23.2 Å². The van der Waals surface area contributed by atoms with Crippen LogP contribution in [0.15, 0.2) is 23.2 Å². The van der Waals surface area contributed by atoms with E-state index < -0.39 is 5.60 Å². The molecule has 1 aliphatic heterocycles. The molecule has 1 aromatic carbocycles. The van der Waals surface area contributed by atoms with Crippen molar-refractivity contribution in [2.24, 2.45) is 4.99 Å². The smallest absolute Gasteiger partial charge is 0.191 e. The molecule has 1 saturated heterocycles. The molecule has 0 aromatic heterocycles. The Morgan fingerprint density at radius 2 is 2.18 bits per heavy atom. The maximum Gasteiger partial charge on any atom is 0.191 e. The van der Waals surface area contributed by atoms with Crippen molar-refractivity contribution in [2.75, 3.05) is 25.1 Å². The molecule has 0 aliphatic carbocycles. The van der Waals surface area contributed by atoms with Crippen LogP contribution in [-0.4, -0.2) is 41.8 Å². The standard InChI is InChI=1S/C14H19Cl2N3OS.HI/c1-17-13(19-8-14(20)4-5-21-9-14)18-7-10-2-3-11(15)6-12(10)16;/h2-3,6,20H,4-5,7-9H2,1H3,(H2,17,18,19);1H. The van der Waals surface area contributed by atoms with Crippen molar-refractivity contribution in [3.05, 3.63) is 33.8 Å². The van der Waals surface area contributed by atoms with E-state index in [1.54, 1.807) is 30.9 Å². The van der Waals surface area contributed by atoms with E-state index in [0.717, 1.165) is 23.5 Å². The number of aliphatic hydroxyl groups is 1. The Hall–Kier alpha value is 0.110. The normalized spacial score (nSPS) is 21.4. The van der Waals surface area contributed by atoms with Crippen molar-refractivity contribution in [3.63, 3.8) is 0 Å². The lowest BCUT2D eigenvalue weighted by molar-refractivity contribution is 0.0724. The lowest BCUT2D eigenvalue weighted by atomic mass is 10.0. The van der Waals surface area contributed by atoms with Crippen LogP contribution >= 0.6 is 58.9 Å². The highest BCUT2D eigenvalue weighted by Gasteiger charge is 2.31. The van der Waals surface area contributed by atoms with Crippen LogP contribution in [-0.2, 0) is 6.54 Å². The topological polar surface area (TPSA) is 56.7 Å². The lowest BCUT2D eigenvalue weighted by Gasteiger charge is -2.23. The van der Waals surface area contributed by atoms with Crippen LogP contribution in [0.2, 0.25) is 10.0 Å². The summed E-state index contributed by atoms with van der Waals surface area (Å²) >= 11 is 13.8. The summed E-state index contributed by atoms with van der Waals surface area (Å²) < 4.78 is 0. The van der Waals surface area contributed by atoms with E-state index >= 15 is 0 Å². The quantitative estimate of drug-likeness (QED) is 0.355. The molecule has 0 amide bonds. The van der Waals surface area contributed by atoms with Gasteiger partial charge in [0, 0.05) is 35.9 Å². The molecule has 124 valence electrons. The number of rotatable bonds is 4. The Kier molecular flexibility index (Phi) is 8.63. The van der Waals surface area contributed by atoms with Crippen LogP contribution in [0.4, 0.5) is 0 Å². The first-order valence-electron chi connectivity index (χ1n) is 6.71. The Labute approximate surface area is 162 Å². The maximum atomic E-state index is 10.3. The van der Waals surface area contributed by atoms with Gasteiger partial charge in [-0.25, -0.2) is 0 Å². The average Bonchev–Trinajstić information content (AvgIpc) is 2.88. The van der Waals surface area contributed by atoms with Gasteiger partial charge in [-0.3, -0.25) is 4.99 Å². The second kappa shape index (κ2) is 9.42. The predicted molar refractivity (Wildman–Crippen MR) is 107 cm³/mol. The Morgan fingerprint density at radius 3 is 2.77 bits per heavy atom. The number of nitrogens with one attached hydrogen (secondary N) is 2. The number of hydrogen-bond donors (Lipinski definition) is 3. The zero-order chi connectivity index (χ0) is 15.3. The second-order valence-corrected chi connectivity index (χ2v) is 6.99. The minimum Gasteiger partial charge on any atom is -0.387 e. The zero-order valence-electron chi connectivity index (χ0n) is 12.2. The van der Waals surface area contributed by atoms with Crippen molar-refractivity contribution in [3.8, 4) is 0 Å². The largest absolute Gasteiger partial charge is 0.387 e. The maximum absolute atomic E-state index is 10.3. The van der Waals surface area contributed by atoms with E-state index in [0.29, 0.717) is 29.1 Å². The summed E-state index contributed by atoms with van der Waals surface area (Å²) in [5.41, 5.74) is 0.305. The molecule has 22 heavy (non-hydrogen) atoms. The van der Waals surface area contributed by atoms with Crippen LogP contribution in [0.1, 0.15) is 12.0 Å². The van der Waals surface area contributed by atoms with Crippen LogP contribution in [0, 0.1) is 0 Å². The molecule has 3 N–H and O–H groups in total. The summed E-state index contributed by atoms with van der Waals surface area (Å²) in [7, 11) is 1.70. The van der Waals surface area contributed by atoms with E-state index in [-0.39, 0.29) is 24.0 Å². The summed E-state index contributed by atoms with van der Waals surface area (Å²) in [6.07, 6.45) is 0.810. The minimum absolute atomic E-state index is 0. The summed E-state index contributed by atoms with van der Waals surface area (Å²) in [5.74, 6) is 2.41. The second-order valence-electron chi connectivity index (χ2n) is 5.04. The average molecular weight is 476 g/mol. The van der Waals surface area contributed by atoms with Gasteiger partial charge in [0.25, 0.3) is 0 Å². The fourth-order valence-corrected chi connectivity index (χ4v) is 3.82. The first-order chi connectivity index (χ1) is 10.0. The molecule has 1 atom stereocenters. The third-order valence-electron chi connectivity index (χ3n) is 3.35. The van der Waals surface area contributed by atoms with Crippen molar-refractivity contribution in [1.29, 1.82) is 0 Å². The minimum atomic E-state index is -0.639. The molecule has 4 nitrogen and oxygen atoms in total. The highest BCUT2D eigenvalue weighted by atomic mass is 127. The molecule has 1 unspecified atom stereocenters. The van der Waals surface area contributed by atoms with Crippen LogP contribution in [0.25, 0.3) is 0 Å². The van der Waals surface area contributed by atoms with Crippen molar-refractivity contribution < 1.29 is 5.11 Å². The lowest BCUT2D eigenvalue weighted by Crippen LogP contribution is -2.47. The van der Waals surface area contributed by atoms with Gasteiger partial charge in [0.05, 0.1) is 5.60 Å². The Balaban J connectivity index is 0.00000242. The van der Waals surface area contributed by atoms with Gasteiger partial charge < -0.3 is 15.7 Å². The van der Waals surface area contributed by atoms with Crippen LogP contribution in [0.5, 0.6) is 0 Å². The van der Waals surface area contributed by atoms with Crippen molar-refractivity contribution in [2.45, 2.75) is 18.6 Å². The SMILES string of the molecule is CN=C(NCc1ccc(Cl)cc1Cl)NCC1(O)CCSC1.I. The molecule has 1 fully saturated rings. The third kappa shape index (κ3) is 5.96. The van der Waals surface area contributed by atoms with E-state index in [2.05, 4.69) is 15.6 Å². The molecular weight excluding hydrogens is 456 g/mol. The number of aliphatic imine (C=N–C) groups is 1. The van der Waals surface area contributed by atoms with E-state index in [1.165, 1.54) is 0 Å². The fraction of sp³-hybridized carbons (Fsp3) is 0.500. The van der Waals surface area contributed by atoms with Gasteiger partial charge in [0.15, 0.2) is 5.96 Å². The number of halogens is 3. The van der Waals surface area contributed by atoms with Crippen molar-refractivity contribution >= 4 is 64.9 Å². The van der Waals surface area contributed by atoms with Gasteiger partial charge in [-0.2, -0.15) is 11.8 Å².